The molecular weight excluding hydrogens is 502 g/mol. The summed E-state index contributed by atoms with van der Waals surface area (Å²) < 4.78 is 10.9. The standard InChI is InChI=1S/C33H33N3O4/c1-39-29-18-10-11-19-30(29)40-24-31(37)34-28-17-9-8-16-27(28)33(38)36-22-20-35(21-23-36)32(25-12-4-2-5-13-25)26-14-6-3-7-15-26/h2-19,32H,20-24H2,1H3,(H,34,37). The number of rotatable bonds is 9. The summed E-state index contributed by atoms with van der Waals surface area (Å²) >= 11 is 0. The van der Waals surface area contributed by atoms with Crippen LogP contribution in [0.1, 0.15) is 27.5 Å². The van der Waals surface area contributed by atoms with Gasteiger partial charge in [0.25, 0.3) is 11.8 Å². The number of anilines is 1. The molecule has 0 atom stereocenters. The maximum Gasteiger partial charge on any atom is 0.262 e. The minimum atomic E-state index is -0.357. The molecule has 1 heterocycles. The molecule has 2 amide bonds. The summed E-state index contributed by atoms with van der Waals surface area (Å²) in [6, 6.07) is 35.3. The van der Waals surface area contributed by atoms with Gasteiger partial charge in [0.05, 0.1) is 24.4 Å². The van der Waals surface area contributed by atoms with Crippen molar-refractivity contribution in [3.63, 3.8) is 0 Å². The highest BCUT2D eigenvalue weighted by Crippen LogP contribution is 2.30. The van der Waals surface area contributed by atoms with Crippen molar-refractivity contribution in [3.8, 4) is 11.5 Å². The monoisotopic (exact) mass is 535 g/mol. The highest BCUT2D eigenvalue weighted by Gasteiger charge is 2.29. The van der Waals surface area contributed by atoms with Gasteiger partial charge >= 0.3 is 0 Å². The average molecular weight is 536 g/mol. The van der Waals surface area contributed by atoms with Crippen LogP contribution in [0.3, 0.4) is 0 Å². The summed E-state index contributed by atoms with van der Waals surface area (Å²) in [6.45, 7) is 2.45. The average Bonchev–Trinajstić information content (AvgIpc) is 3.02. The lowest BCUT2D eigenvalue weighted by molar-refractivity contribution is -0.118. The second-order valence-corrected chi connectivity index (χ2v) is 9.59. The smallest absolute Gasteiger partial charge is 0.262 e. The van der Waals surface area contributed by atoms with Crippen LogP contribution in [0.4, 0.5) is 5.69 Å². The van der Waals surface area contributed by atoms with E-state index in [2.05, 4.69) is 58.7 Å². The van der Waals surface area contributed by atoms with Gasteiger partial charge in [-0.05, 0) is 35.4 Å². The van der Waals surface area contributed by atoms with Gasteiger partial charge in [-0.25, -0.2) is 0 Å². The Morgan fingerprint density at radius 2 is 1.27 bits per heavy atom. The van der Waals surface area contributed by atoms with Gasteiger partial charge in [-0.3, -0.25) is 14.5 Å². The van der Waals surface area contributed by atoms with Crippen LogP contribution in [0.5, 0.6) is 11.5 Å². The van der Waals surface area contributed by atoms with E-state index in [-0.39, 0.29) is 24.5 Å². The zero-order valence-electron chi connectivity index (χ0n) is 22.5. The fourth-order valence-corrected chi connectivity index (χ4v) is 5.08. The first-order chi connectivity index (χ1) is 19.6. The van der Waals surface area contributed by atoms with E-state index in [0.29, 0.717) is 35.8 Å². The van der Waals surface area contributed by atoms with Gasteiger partial charge < -0.3 is 19.7 Å². The van der Waals surface area contributed by atoms with E-state index in [1.54, 1.807) is 37.4 Å². The van der Waals surface area contributed by atoms with Crippen LogP contribution in [0.2, 0.25) is 0 Å². The first kappa shape index (κ1) is 27.0. The number of nitrogens with zero attached hydrogens (tertiary/aromatic N) is 2. The summed E-state index contributed by atoms with van der Waals surface area (Å²) in [5.41, 5.74) is 3.40. The number of amides is 2. The van der Waals surface area contributed by atoms with Gasteiger partial charge in [-0.15, -0.1) is 0 Å². The lowest BCUT2D eigenvalue weighted by atomic mass is 9.96. The number of carbonyl (C=O) groups is 2. The van der Waals surface area contributed by atoms with Crippen LogP contribution in [-0.2, 0) is 4.79 Å². The van der Waals surface area contributed by atoms with E-state index in [1.165, 1.54) is 11.1 Å². The molecule has 0 aliphatic carbocycles. The van der Waals surface area contributed by atoms with E-state index in [4.69, 9.17) is 9.47 Å². The molecule has 1 saturated heterocycles. The molecular formula is C33H33N3O4. The van der Waals surface area contributed by atoms with E-state index in [9.17, 15) is 9.59 Å². The molecule has 0 unspecified atom stereocenters. The normalized spacial score (nSPS) is 13.6. The number of ether oxygens (including phenoxy) is 2. The fourth-order valence-electron chi connectivity index (χ4n) is 5.08. The highest BCUT2D eigenvalue weighted by atomic mass is 16.5. The number of methoxy groups -OCH3 is 1. The molecule has 40 heavy (non-hydrogen) atoms. The number of benzene rings is 4. The number of carbonyl (C=O) groups excluding carboxylic acids is 2. The lowest BCUT2D eigenvalue weighted by Gasteiger charge is -2.40. The number of para-hydroxylation sites is 3. The molecule has 1 aliphatic rings. The summed E-state index contributed by atoms with van der Waals surface area (Å²) in [7, 11) is 1.55. The predicted octanol–water partition coefficient (Wildman–Crippen LogP) is 5.26. The Morgan fingerprint density at radius 1 is 0.725 bits per heavy atom. The van der Waals surface area contributed by atoms with Crippen LogP contribution >= 0.6 is 0 Å². The van der Waals surface area contributed by atoms with Crippen molar-refractivity contribution in [1.29, 1.82) is 0 Å². The molecule has 5 rings (SSSR count). The highest BCUT2D eigenvalue weighted by molar-refractivity contribution is 6.04. The van der Waals surface area contributed by atoms with Crippen molar-refractivity contribution in [3.05, 3.63) is 126 Å². The third kappa shape index (κ3) is 6.33. The van der Waals surface area contributed by atoms with Gasteiger partial charge in [0, 0.05) is 26.2 Å². The Morgan fingerprint density at radius 3 is 1.90 bits per heavy atom. The van der Waals surface area contributed by atoms with E-state index >= 15 is 0 Å². The van der Waals surface area contributed by atoms with Gasteiger partial charge in [0.1, 0.15) is 0 Å². The summed E-state index contributed by atoms with van der Waals surface area (Å²) in [4.78, 5) is 30.6. The molecule has 0 aromatic heterocycles. The predicted molar refractivity (Wildman–Crippen MR) is 156 cm³/mol. The minimum Gasteiger partial charge on any atom is -0.493 e. The Balaban J connectivity index is 1.24. The largest absolute Gasteiger partial charge is 0.493 e. The van der Waals surface area contributed by atoms with Crippen LogP contribution < -0.4 is 14.8 Å². The molecule has 7 heteroatoms. The van der Waals surface area contributed by atoms with E-state index in [0.717, 1.165) is 13.1 Å². The van der Waals surface area contributed by atoms with Crippen molar-refractivity contribution in [2.24, 2.45) is 0 Å². The van der Waals surface area contributed by atoms with Crippen LogP contribution in [0, 0.1) is 0 Å². The molecule has 1 aliphatic heterocycles. The number of hydrogen-bond donors (Lipinski definition) is 1. The van der Waals surface area contributed by atoms with Gasteiger partial charge in [-0.2, -0.15) is 0 Å². The summed E-state index contributed by atoms with van der Waals surface area (Å²) in [5.74, 6) is 0.570. The Hall–Kier alpha value is -4.62. The number of piperazine rings is 1. The second-order valence-electron chi connectivity index (χ2n) is 9.59. The van der Waals surface area contributed by atoms with Crippen LogP contribution in [-0.4, -0.2) is 61.5 Å². The second kappa shape index (κ2) is 13.0. The molecule has 4 aromatic carbocycles. The van der Waals surface area contributed by atoms with Crippen molar-refractivity contribution >= 4 is 17.5 Å². The zero-order valence-corrected chi connectivity index (χ0v) is 22.5. The summed E-state index contributed by atoms with van der Waals surface area (Å²) in [5, 5.41) is 2.85. The topological polar surface area (TPSA) is 71.1 Å². The van der Waals surface area contributed by atoms with Gasteiger partial charge in [0.15, 0.2) is 18.1 Å². The summed E-state index contributed by atoms with van der Waals surface area (Å²) in [6.07, 6.45) is 0. The first-order valence-electron chi connectivity index (χ1n) is 13.4. The minimum absolute atomic E-state index is 0.0998. The zero-order chi connectivity index (χ0) is 27.7. The molecule has 0 spiro atoms. The maximum absolute atomic E-state index is 13.6. The molecule has 1 N–H and O–H groups in total. The van der Waals surface area contributed by atoms with Crippen molar-refractivity contribution in [2.45, 2.75) is 6.04 Å². The fraction of sp³-hybridized carbons (Fsp3) is 0.212. The Bertz CT molecular complexity index is 1380. The van der Waals surface area contributed by atoms with Crippen LogP contribution in [0.25, 0.3) is 0 Å². The first-order valence-corrected chi connectivity index (χ1v) is 13.4. The van der Waals surface area contributed by atoms with Crippen molar-refractivity contribution in [1.82, 2.24) is 9.80 Å². The third-order valence-electron chi connectivity index (χ3n) is 7.06. The van der Waals surface area contributed by atoms with Crippen LogP contribution in [0.15, 0.2) is 109 Å². The Kier molecular flexibility index (Phi) is 8.73. The molecule has 0 bridgehead atoms. The molecule has 0 saturated carbocycles. The van der Waals surface area contributed by atoms with Gasteiger partial charge in [-0.1, -0.05) is 84.9 Å². The van der Waals surface area contributed by atoms with Crippen molar-refractivity contribution in [2.75, 3.05) is 45.2 Å². The molecule has 4 aromatic rings. The number of hydrogen-bond acceptors (Lipinski definition) is 5. The molecule has 1 fully saturated rings. The maximum atomic E-state index is 13.6. The van der Waals surface area contributed by atoms with E-state index in [1.807, 2.05) is 35.2 Å². The number of nitrogens with one attached hydrogen (secondary N) is 1. The SMILES string of the molecule is COc1ccccc1OCC(=O)Nc1ccccc1C(=O)N1CCN(C(c2ccccc2)c2ccccc2)CC1. The van der Waals surface area contributed by atoms with E-state index < -0.39 is 0 Å². The molecule has 7 nitrogen and oxygen atoms in total. The van der Waals surface area contributed by atoms with Gasteiger partial charge in [0.2, 0.25) is 0 Å². The molecule has 204 valence electrons. The molecule has 0 radical (unpaired) electrons. The van der Waals surface area contributed by atoms with Crippen molar-refractivity contribution < 1.29 is 19.1 Å². The third-order valence-corrected chi connectivity index (χ3v) is 7.06. The lowest BCUT2D eigenvalue weighted by Crippen LogP contribution is -2.50. The quantitative estimate of drug-likeness (QED) is 0.317. The Labute approximate surface area is 235 Å².